The van der Waals surface area contributed by atoms with Gasteiger partial charge in [-0.1, -0.05) is 0 Å². The zero-order chi connectivity index (χ0) is 16.9. The van der Waals surface area contributed by atoms with Crippen molar-refractivity contribution in [3.8, 4) is 0 Å². The molecule has 3 rings (SSSR count). The van der Waals surface area contributed by atoms with Crippen molar-refractivity contribution in [2.24, 2.45) is 0 Å². The number of fused-ring (bicyclic) bond motifs is 1. The summed E-state index contributed by atoms with van der Waals surface area (Å²) < 4.78 is 12.5. The van der Waals surface area contributed by atoms with Gasteiger partial charge in [0.05, 0.1) is 0 Å². The van der Waals surface area contributed by atoms with Gasteiger partial charge < -0.3 is 0 Å². The number of carbonyl (C=O) groups excluding carboxylic acids is 2. The van der Waals surface area contributed by atoms with Crippen LogP contribution in [0.5, 0.6) is 0 Å². The average molecular weight is 438 g/mol. The fraction of sp³-hybridized carbons (Fsp3) is 0.263. The summed E-state index contributed by atoms with van der Waals surface area (Å²) in [5.41, 5.74) is 1.95. The number of hydrogen-bond acceptors (Lipinski definition) is 4. The zero-order valence-electron chi connectivity index (χ0n) is 13.5. The van der Waals surface area contributed by atoms with E-state index in [4.69, 9.17) is 3.07 Å². The Bertz CT molecular complexity index is 739. The molecule has 0 radical (unpaired) electrons. The molecule has 1 heterocycles. The molecule has 2 aromatic rings. The number of esters is 1. The van der Waals surface area contributed by atoms with E-state index in [1.807, 2.05) is 24.3 Å². The van der Waals surface area contributed by atoms with Gasteiger partial charge in [0, 0.05) is 0 Å². The van der Waals surface area contributed by atoms with Crippen molar-refractivity contribution >= 4 is 32.2 Å². The molecule has 0 atom stereocenters. The first-order valence-corrected chi connectivity index (χ1v) is 10.9. The first-order chi connectivity index (χ1) is 11.7. The van der Waals surface area contributed by atoms with Crippen LogP contribution in [0.2, 0.25) is 0 Å². The third-order valence-corrected chi connectivity index (χ3v) is 8.55. The molecule has 0 bridgehead atoms. The number of hydrogen-bond donors (Lipinski definition) is 0. The third kappa shape index (κ3) is 3.77. The second-order valence-electron chi connectivity index (χ2n) is 5.50. The van der Waals surface area contributed by atoms with Gasteiger partial charge in [0.15, 0.2) is 0 Å². The van der Waals surface area contributed by atoms with Crippen molar-refractivity contribution in [3.05, 3.63) is 66.8 Å². The van der Waals surface area contributed by atoms with Crippen LogP contribution in [0.4, 0.5) is 0 Å². The maximum atomic E-state index is 11.9. The average Bonchev–Trinajstić information content (AvgIpc) is 2.96. The van der Waals surface area contributed by atoms with Crippen LogP contribution in [0.15, 0.2) is 48.5 Å². The molecule has 1 aliphatic heterocycles. The number of halogens is 1. The molecule has 0 fully saturated rings. The fourth-order valence-corrected chi connectivity index (χ4v) is 6.83. The summed E-state index contributed by atoms with van der Waals surface area (Å²) in [5.74, 6) is -0.346. The summed E-state index contributed by atoms with van der Waals surface area (Å²) >= 11 is -2.08. The Morgan fingerprint density at radius 3 is 2.58 bits per heavy atom. The molecule has 24 heavy (non-hydrogen) atoms. The van der Waals surface area contributed by atoms with Gasteiger partial charge in [0.2, 0.25) is 0 Å². The number of unbranched alkanes of at least 4 members (excludes halogenated alkanes) is 1. The number of aryl methyl sites for hydroxylation is 1. The second-order valence-corrected chi connectivity index (χ2v) is 9.77. The van der Waals surface area contributed by atoms with E-state index in [9.17, 15) is 9.59 Å². The molecule has 126 valence electrons. The summed E-state index contributed by atoms with van der Waals surface area (Å²) in [7, 11) is 1.42. The van der Waals surface area contributed by atoms with Crippen molar-refractivity contribution in [1.29, 1.82) is 0 Å². The molecule has 0 N–H and O–H groups in total. The van der Waals surface area contributed by atoms with Crippen molar-refractivity contribution < 1.29 is 17.4 Å². The van der Waals surface area contributed by atoms with Gasteiger partial charge in [0.25, 0.3) is 0 Å². The van der Waals surface area contributed by atoms with Crippen LogP contribution in [0.25, 0.3) is 0 Å². The third-order valence-electron chi connectivity index (χ3n) is 3.86. The molecule has 0 aromatic heterocycles. The van der Waals surface area contributed by atoms with E-state index >= 15 is 0 Å². The number of benzene rings is 2. The van der Waals surface area contributed by atoms with Crippen LogP contribution >= 0.6 is 20.2 Å². The standard InChI is InChI=1S/C19H19IO4/c1-23-18(21)9-5-2-6-14-10-12-15(13-11-14)20-17-8-4-3-7-16(17)19(22)24-20/h3-4,7-8,10-13H,2,5-6,9H2,1H3. The van der Waals surface area contributed by atoms with E-state index in [1.54, 1.807) is 0 Å². The van der Waals surface area contributed by atoms with E-state index in [-0.39, 0.29) is 11.9 Å². The minimum atomic E-state index is -2.08. The first kappa shape index (κ1) is 17.0. The van der Waals surface area contributed by atoms with Crippen molar-refractivity contribution in [3.63, 3.8) is 0 Å². The molecule has 0 saturated heterocycles. The summed E-state index contributed by atoms with van der Waals surface area (Å²) in [6.07, 6.45) is 3.19. The second kappa shape index (κ2) is 7.79. The fourth-order valence-electron chi connectivity index (χ4n) is 2.56. The van der Waals surface area contributed by atoms with Crippen LogP contribution in [0, 0.1) is 7.14 Å². The SMILES string of the molecule is COC(=O)CCCCc1ccc(I2OC(=O)c3ccccc32)cc1. The van der Waals surface area contributed by atoms with Gasteiger partial charge in [0.1, 0.15) is 0 Å². The van der Waals surface area contributed by atoms with Gasteiger partial charge in [-0.2, -0.15) is 0 Å². The van der Waals surface area contributed by atoms with Crippen molar-refractivity contribution in [2.75, 3.05) is 7.11 Å². The zero-order valence-corrected chi connectivity index (χ0v) is 15.6. The molecular weight excluding hydrogens is 419 g/mol. The minimum absolute atomic E-state index is 0.154. The van der Waals surface area contributed by atoms with Crippen LogP contribution in [-0.2, 0) is 19.0 Å². The molecule has 4 nitrogen and oxygen atoms in total. The molecule has 5 heteroatoms. The monoisotopic (exact) mass is 438 g/mol. The van der Waals surface area contributed by atoms with Gasteiger partial charge in [-0.3, -0.25) is 0 Å². The van der Waals surface area contributed by atoms with Gasteiger partial charge in [-0.15, -0.1) is 0 Å². The summed E-state index contributed by atoms with van der Waals surface area (Å²) in [6, 6.07) is 16.0. The van der Waals surface area contributed by atoms with Gasteiger partial charge in [-0.25, -0.2) is 0 Å². The first-order valence-electron chi connectivity index (χ1n) is 7.86. The van der Waals surface area contributed by atoms with E-state index in [0.29, 0.717) is 6.42 Å². The number of rotatable bonds is 6. The predicted molar refractivity (Wildman–Crippen MR) is 99.3 cm³/mol. The molecule has 2 aromatic carbocycles. The molecule has 0 spiro atoms. The van der Waals surface area contributed by atoms with Gasteiger partial charge in [-0.05, 0) is 0 Å². The molecule has 0 saturated carbocycles. The molecular formula is C19H19IO4. The molecule has 0 unspecified atom stereocenters. The van der Waals surface area contributed by atoms with Crippen LogP contribution in [-0.4, -0.2) is 19.0 Å². The molecule has 0 amide bonds. The van der Waals surface area contributed by atoms with Crippen LogP contribution in [0.3, 0.4) is 0 Å². The molecule has 0 aliphatic carbocycles. The van der Waals surface area contributed by atoms with Crippen LogP contribution < -0.4 is 0 Å². The van der Waals surface area contributed by atoms with E-state index in [0.717, 1.165) is 32.0 Å². The van der Waals surface area contributed by atoms with Crippen LogP contribution in [0.1, 0.15) is 35.2 Å². The predicted octanol–water partition coefficient (Wildman–Crippen LogP) is 4.20. The number of ether oxygens (including phenoxy) is 1. The number of methoxy groups -OCH3 is 1. The van der Waals surface area contributed by atoms with E-state index in [2.05, 4.69) is 29.0 Å². The van der Waals surface area contributed by atoms with E-state index < -0.39 is 20.2 Å². The summed E-state index contributed by atoms with van der Waals surface area (Å²) in [6.45, 7) is 0. The Balaban J connectivity index is 1.61. The molecule has 1 aliphatic rings. The Hall–Kier alpha value is -1.89. The van der Waals surface area contributed by atoms with Crippen molar-refractivity contribution in [1.82, 2.24) is 0 Å². The topological polar surface area (TPSA) is 52.6 Å². The summed E-state index contributed by atoms with van der Waals surface area (Å²) in [4.78, 5) is 23.0. The normalized spacial score (nSPS) is 14.2. The Kier molecular flexibility index (Phi) is 5.50. The van der Waals surface area contributed by atoms with Crippen molar-refractivity contribution in [2.45, 2.75) is 25.7 Å². The maximum absolute atomic E-state index is 11.9. The Morgan fingerprint density at radius 1 is 1.08 bits per heavy atom. The van der Waals surface area contributed by atoms with Gasteiger partial charge >= 0.3 is 149 Å². The Morgan fingerprint density at radius 2 is 1.83 bits per heavy atom. The van der Waals surface area contributed by atoms with E-state index in [1.165, 1.54) is 12.7 Å². The quantitative estimate of drug-likeness (QED) is 0.386. The Labute approximate surface area is 149 Å². The summed E-state index contributed by atoms with van der Waals surface area (Å²) in [5, 5.41) is 0. The number of carbonyl (C=O) groups is 2.